The third kappa shape index (κ3) is 2.69. The fourth-order valence-corrected chi connectivity index (χ4v) is 1.44. The average Bonchev–Trinajstić information content (AvgIpc) is 2.17. The van der Waals surface area contributed by atoms with Gasteiger partial charge in [0.05, 0.1) is 11.5 Å². The van der Waals surface area contributed by atoms with Gasteiger partial charge in [-0.05, 0) is 11.6 Å². The lowest BCUT2D eigenvalue weighted by Gasteiger charge is -2.19. The molecule has 0 amide bonds. The number of hydrogen-bond acceptors (Lipinski definition) is 1. The highest BCUT2D eigenvalue weighted by molar-refractivity contribution is 5.33. The van der Waals surface area contributed by atoms with Gasteiger partial charge in [-0.3, -0.25) is 0 Å². The minimum absolute atomic E-state index is 0.451. The summed E-state index contributed by atoms with van der Waals surface area (Å²) in [5.74, 6) is -1.59. The molecule has 1 nitrogen and oxygen atoms in total. The molecule has 0 fully saturated rings. The highest BCUT2D eigenvalue weighted by Gasteiger charge is 2.36. The molecule has 0 aliphatic carbocycles. The zero-order chi connectivity index (χ0) is 12.3. The van der Waals surface area contributed by atoms with Crippen LogP contribution in [0.25, 0.3) is 0 Å². The van der Waals surface area contributed by atoms with Gasteiger partial charge in [-0.15, -0.1) is 0 Å². The molecular formula is C10H10F5N. The van der Waals surface area contributed by atoms with Gasteiger partial charge in [0.1, 0.15) is 0 Å². The molecule has 0 bridgehead atoms. The van der Waals surface area contributed by atoms with E-state index in [-0.39, 0.29) is 0 Å². The van der Waals surface area contributed by atoms with Crippen LogP contribution in [0.5, 0.6) is 0 Å². The molecule has 1 aromatic carbocycles. The average molecular weight is 239 g/mol. The summed E-state index contributed by atoms with van der Waals surface area (Å²) in [5, 5.41) is 0. The van der Waals surface area contributed by atoms with Gasteiger partial charge in [0.2, 0.25) is 6.43 Å². The van der Waals surface area contributed by atoms with Crippen molar-refractivity contribution >= 4 is 0 Å². The van der Waals surface area contributed by atoms with Crippen molar-refractivity contribution in [2.45, 2.75) is 18.5 Å². The van der Waals surface area contributed by atoms with E-state index in [4.69, 9.17) is 5.73 Å². The van der Waals surface area contributed by atoms with E-state index >= 15 is 0 Å². The van der Waals surface area contributed by atoms with E-state index in [2.05, 4.69) is 0 Å². The summed E-state index contributed by atoms with van der Waals surface area (Å²) in [6.45, 7) is -0.523. The van der Waals surface area contributed by atoms with Crippen LogP contribution in [0.3, 0.4) is 0 Å². The van der Waals surface area contributed by atoms with Crippen LogP contribution < -0.4 is 5.73 Å². The van der Waals surface area contributed by atoms with Gasteiger partial charge in [-0.25, -0.2) is 8.78 Å². The second kappa shape index (κ2) is 4.78. The van der Waals surface area contributed by atoms with Crippen molar-refractivity contribution in [1.82, 2.24) is 0 Å². The Bertz CT molecular complexity index is 347. The van der Waals surface area contributed by atoms with Crippen LogP contribution in [0.1, 0.15) is 17.0 Å². The molecule has 2 N–H and O–H groups in total. The number of rotatable bonds is 3. The Morgan fingerprint density at radius 2 is 1.69 bits per heavy atom. The van der Waals surface area contributed by atoms with E-state index in [1.807, 2.05) is 0 Å². The van der Waals surface area contributed by atoms with Crippen molar-refractivity contribution in [1.29, 1.82) is 0 Å². The van der Waals surface area contributed by atoms with Crippen LogP contribution in [-0.2, 0) is 6.18 Å². The van der Waals surface area contributed by atoms with E-state index in [0.717, 1.165) is 18.2 Å². The zero-order valence-corrected chi connectivity index (χ0v) is 8.14. The quantitative estimate of drug-likeness (QED) is 0.806. The molecule has 0 aliphatic rings. The molecule has 16 heavy (non-hydrogen) atoms. The van der Waals surface area contributed by atoms with Gasteiger partial charge in [0.15, 0.2) is 0 Å². The first-order valence-electron chi connectivity index (χ1n) is 4.52. The molecule has 1 atom stereocenters. The zero-order valence-electron chi connectivity index (χ0n) is 8.14. The highest BCUT2D eigenvalue weighted by Crippen LogP contribution is 2.36. The summed E-state index contributed by atoms with van der Waals surface area (Å²) in [6.07, 6.45) is -7.55. The minimum atomic E-state index is -4.64. The van der Waals surface area contributed by atoms with Gasteiger partial charge < -0.3 is 5.73 Å². The molecule has 1 unspecified atom stereocenters. The standard InChI is InChI=1S/C10H10F5N/c11-9(12)7(5-16)6-3-1-2-4-8(6)10(13,14)15/h1-4,7,9H,5,16H2. The SMILES string of the molecule is NCC(c1ccccc1C(F)(F)F)C(F)F. The van der Waals surface area contributed by atoms with E-state index in [0.29, 0.717) is 0 Å². The van der Waals surface area contributed by atoms with Gasteiger partial charge >= 0.3 is 6.18 Å². The lowest BCUT2D eigenvalue weighted by atomic mass is 9.94. The van der Waals surface area contributed by atoms with Crippen molar-refractivity contribution in [2.24, 2.45) is 5.73 Å². The molecule has 0 aliphatic heterocycles. The Morgan fingerprint density at radius 3 is 2.12 bits per heavy atom. The molecule has 0 heterocycles. The Balaban J connectivity index is 3.22. The first kappa shape index (κ1) is 12.9. The number of halogens is 5. The van der Waals surface area contributed by atoms with Crippen molar-refractivity contribution in [3.8, 4) is 0 Å². The Kier molecular flexibility index (Phi) is 3.85. The Hall–Kier alpha value is -1.17. The number of hydrogen-bond donors (Lipinski definition) is 1. The van der Waals surface area contributed by atoms with Crippen LogP contribution in [0.2, 0.25) is 0 Å². The van der Waals surface area contributed by atoms with E-state index in [1.54, 1.807) is 0 Å². The summed E-state index contributed by atoms with van der Waals surface area (Å²) in [7, 11) is 0. The maximum Gasteiger partial charge on any atom is 0.416 e. The van der Waals surface area contributed by atoms with E-state index < -0.39 is 36.2 Å². The van der Waals surface area contributed by atoms with Crippen molar-refractivity contribution in [2.75, 3.05) is 6.54 Å². The van der Waals surface area contributed by atoms with Gasteiger partial charge in [0.25, 0.3) is 0 Å². The molecule has 1 rings (SSSR count). The van der Waals surface area contributed by atoms with Crippen LogP contribution in [-0.4, -0.2) is 13.0 Å². The predicted molar refractivity (Wildman–Crippen MR) is 49.2 cm³/mol. The molecule has 90 valence electrons. The minimum Gasteiger partial charge on any atom is -0.330 e. The normalized spacial score (nSPS) is 14.2. The molecule has 6 heteroatoms. The maximum absolute atomic E-state index is 12.5. The lowest BCUT2D eigenvalue weighted by Crippen LogP contribution is -2.23. The lowest BCUT2D eigenvalue weighted by molar-refractivity contribution is -0.138. The summed E-state index contributed by atoms with van der Waals surface area (Å²) >= 11 is 0. The summed E-state index contributed by atoms with van der Waals surface area (Å²) in [5.41, 5.74) is 3.57. The summed E-state index contributed by atoms with van der Waals surface area (Å²) in [4.78, 5) is 0. The summed E-state index contributed by atoms with van der Waals surface area (Å²) < 4.78 is 62.6. The van der Waals surface area contributed by atoms with Crippen LogP contribution in [0.15, 0.2) is 24.3 Å². The van der Waals surface area contributed by atoms with Crippen LogP contribution in [0.4, 0.5) is 22.0 Å². The molecule has 0 spiro atoms. The smallest absolute Gasteiger partial charge is 0.330 e. The van der Waals surface area contributed by atoms with Crippen LogP contribution >= 0.6 is 0 Å². The molecule has 0 aromatic heterocycles. The number of benzene rings is 1. The van der Waals surface area contributed by atoms with Gasteiger partial charge in [-0.1, -0.05) is 18.2 Å². The predicted octanol–water partition coefficient (Wildman–Crippen LogP) is 3.01. The fourth-order valence-electron chi connectivity index (χ4n) is 1.44. The second-order valence-corrected chi connectivity index (χ2v) is 3.26. The van der Waals surface area contributed by atoms with Gasteiger partial charge in [0, 0.05) is 6.54 Å². The van der Waals surface area contributed by atoms with E-state index in [9.17, 15) is 22.0 Å². The van der Waals surface area contributed by atoms with Crippen molar-refractivity contribution in [3.05, 3.63) is 35.4 Å². The topological polar surface area (TPSA) is 26.0 Å². The number of nitrogens with two attached hydrogens (primary N) is 1. The fraction of sp³-hybridized carbons (Fsp3) is 0.400. The van der Waals surface area contributed by atoms with Crippen LogP contribution in [0, 0.1) is 0 Å². The first-order valence-corrected chi connectivity index (χ1v) is 4.52. The summed E-state index contributed by atoms with van der Waals surface area (Å²) in [6, 6.07) is 4.26. The third-order valence-corrected chi connectivity index (χ3v) is 2.22. The highest BCUT2D eigenvalue weighted by atomic mass is 19.4. The molecule has 0 radical (unpaired) electrons. The molecule has 1 aromatic rings. The molecular weight excluding hydrogens is 229 g/mol. The monoisotopic (exact) mass is 239 g/mol. The van der Waals surface area contributed by atoms with Gasteiger partial charge in [-0.2, -0.15) is 13.2 Å². The maximum atomic E-state index is 12.5. The first-order chi connectivity index (χ1) is 7.38. The second-order valence-electron chi connectivity index (χ2n) is 3.26. The Labute approximate surface area is 89.1 Å². The Morgan fingerprint density at radius 1 is 1.12 bits per heavy atom. The molecule has 0 saturated carbocycles. The van der Waals surface area contributed by atoms with Crippen molar-refractivity contribution in [3.63, 3.8) is 0 Å². The van der Waals surface area contributed by atoms with Crippen molar-refractivity contribution < 1.29 is 22.0 Å². The largest absolute Gasteiger partial charge is 0.416 e. The number of alkyl halides is 5. The molecule has 0 saturated heterocycles. The van der Waals surface area contributed by atoms with E-state index in [1.165, 1.54) is 6.07 Å². The third-order valence-electron chi connectivity index (χ3n) is 2.22.